The second kappa shape index (κ2) is 8.73. The summed E-state index contributed by atoms with van der Waals surface area (Å²) in [5, 5.41) is 3.19. The molecule has 1 aliphatic rings. The Bertz CT molecular complexity index is 879. The van der Waals surface area contributed by atoms with E-state index in [0.717, 1.165) is 23.4 Å². The summed E-state index contributed by atoms with van der Waals surface area (Å²) >= 11 is 6.20. The van der Waals surface area contributed by atoms with Crippen LogP contribution in [0.25, 0.3) is 6.08 Å². The van der Waals surface area contributed by atoms with Gasteiger partial charge in [-0.2, -0.15) is 0 Å². The Morgan fingerprint density at radius 2 is 2.11 bits per heavy atom. The van der Waals surface area contributed by atoms with Crippen molar-refractivity contribution < 1.29 is 14.3 Å². The van der Waals surface area contributed by atoms with Gasteiger partial charge in [-0.05, 0) is 43.7 Å². The van der Waals surface area contributed by atoms with Crippen molar-refractivity contribution >= 4 is 40.9 Å². The number of carbonyl (C=O) groups is 2. The van der Waals surface area contributed by atoms with Gasteiger partial charge in [0.25, 0.3) is 0 Å². The minimum Gasteiger partial charge on any atom is -0.493 e. The van der Waals surface area contributed by atoms with Crippen LogP contribution in [0.5, 0.6) is 5.75 Å². The molecule has 1 saturated heterocycles. The Morgan fingerprint density at radius 1 is 1.30 bits per heavy atom. The maximum absolute atomic E-state index is 12.3. The van der Waals surface area contributed by atoms with E-state index in [1.807, 2.05) is 31.2 Å². The number of hydrogen-bond acceptors (Lipinski definition) is 3. The molecule has 2 amide bonds. The van der Waals surface area contributed by atoms with Crippen molar-refractivity contribution in [3.63, 3.8) is 0 Å². The molecule has 2 aromatic carbocycles. The van der Waals surface area contributed by atoms with E-state index in [1.54, 1.807) is 29.2 Å². The average molecular weight is 385 g/mol. The van der Waals surface area contributed by atoms with Crippen molar-refractivity contribution in [1.29, 1.82) is 0 Å². The van der Waals surface area contributed by atoms with E-state index in [2.05, 4.69) is 5.32 Å². The van der Waals surface area contributed by atoms with E-state index in [0.29, 0.717) is 30.3 Å². The highest BCUT2D eigenvalue weighted by molar-refractivity contribution is 6.34. The highest BCUT2D eigenvalue weighted by Gasteiger charge is 2.22. The lowest BCUT2D eigenvalue weighted by Gasteiger charge is -2.17. The molecular weight excluding hydrogens is 364 g/mol. The maximum atomic E-state index is 12.3. The molecule has 5 nitrogen and oxygen atoms in total. The molecular formula is C21H21ClN2O3. The summed E-state index contributed by atoms with van der Waals surface area (Å²) < 4.78 is 5.55. The molecule has 0 spiro atoms. The Kier molecular flexibility index (Phi) is 6.14. The van der Waals surface area contributed by atoms with Crippen LogP contribution >= 0.6 is 11.6 Å². The van der Waals surface area contributed by atoms with Gasteiger partial charge in [0.2, 0.25) is 11.8 Å². The van der Waals surface area contributed by atoms with Crippen LogP contribution in [0, 0.1) is 0 Å². The van der Waals surface area contributed by atoms with E-state index >= 15 is 0 Å². The van der Waals surface area contributed by atoms with Gasteiger partial charge in [0.15, 0.2) is 0 Å². The fourth-order valence-corrected chi connectivity index (χ4v) is 3.11. The largest absolute Gasteiger partial charge is 0.493 e. The molecule has 1 aliphatic heterocycles. The summed E-state index contributed by atoms with van der Waals surface area (Å²) in [6.07, 6.45) is 4.52. The first-order valence-electron chi connectivity index (χ1n) is 8.89. The lowest BCUT2D eigenvalue weighted by Crippen LogP contribution is -2.23. The molecule has 0 unspecified atom stereocenters. The summed E-state index contributed by atoms with van der Waals surface area (Å²) in [6, 6.07) is 12.7. The standard InChI is InChI=1S/C21H21ClN2O3/c1-2-27-19-7-4-3-6-15(19)9-12-20(25)23-18-14-16(10-11-17(18)22)24-13-5-8-21(24)26/h3-4,6-7,9-12,14H,2,5,8,13H2,1H3,(H,23,25)/b12-9+. The van der Waals surface area contributed by atoms with Crippen LogP contribution < -0.4 is 15.0 Å². The fourth-order valence-electron chi connectivity index (χ4n) is 2.94. The predicted molar refractivity (Wildman–Crippen MR) is 108 cm³/mol. The Balaban J connectivity index is 1.73. The summed E-state index contributed by atoms with van der Waals surface area (Å²) in [5.74, 6) is 0.492. The second-order valence-electron chi connectivity index (χ2n) is 6.11. The highest BCUT2D eigenvalue weighted by atomic mass is 35.5. The zero-order valence-electron chi connectivity index (χ0n) is 15.1. The van der Waals surface area contributed by atoms with Crippen LogP contribution in [-0.4, -0.2) is 25.0 Å². The summed E-state index contributed by atoms with van der Waals surface area (Å²) in [7, 11) is 0. The Hall–Kier alpha value is -2.79. The third-order valence-corrected chi connectivity index (χ3v) is 4.56. The fraction of sp³-hybridized carbons (Fsp3) is 0.238. The molecule has 1 N–H and O–H groups in total. The first-order chi connectivity index (χ1) is 13.1. The van der Waals surface area contributed by atoms with Crippen molar-refractivity contribution in [2.45, 2.75) is 19.8 Å². The predicted octanol–water partition coefficient (Wildman–Crippen LogP) is 4.52. The van der Waals surface area contributed by atoms with Gasteiger partial charge in [0.1, 0.15) is 5.75 Å². The number of hydrogen-bond donors (Lipinski definition) is 1. The number of ether oxygens (including phenoxy) is 1. The van der Waals surface area contributed by atoms with Gasteiger partial charge in [-0.3, -0.25) is 9.59 Å². The average Bonchev–Trinajstić information content (AvgIpc) is 3.09. The van der Waals surface area contributed by atoms with Crippen LogP contribution in [0.3, 0.4) is 0 Å². The molecule has 6 heteroatoms. The number of carbonyl (C=O) groups excluding carboxylic acids is 2. The number of nitrogens with zero attached hydrogens (tertiary/aromatic N) is 1. The number of halogens is 1. The SMILES string of the molecule is CCOc1ccccc1/C=C/C(=O)Nc1cc(N2CCCC2=O)ccc1Cl. The zero-order chi connectivity index (χ0) is 19.2. The molecule has 0 aromatic heterocycles. The third kappa shape index (κ3) is 4.68. The number of nitrogens with one attached hydrogen (secondary N) is 1. The molecule has 140 valence electrons. The third-order valence-electron chi connectivity index (χ3n) is 4.23. The zero-order valence-corrected chi connectivity index (χ0v) is 15.8. The van der Waals surface area contributed by atoms with Crippen molar-refractivity contribution in [1.82, 2.24) is 0 Å². The highest BCUT2D eigenvalue weighted by Crippen LogP contribution is 2.30. The van der Waals surface area contributed by atoms with E-state index < -0.39 is 0 Å². The summed E-state index contributed by atoms with van der Waals surface area (Å²) in [4.78, 5) is 26.0. The van der Waals surface area contributed by atoms with Gasteiger partial charge < -0.3 is 15.0 Å². The van der Waals surface area contributed by atoms with Crippen LogP contribution in [0.1, 0.15) is 25.3 Å². The molecule has 0 saturated carbocycles. The smallest absolute Gasteiger partial charge is 0.248 e. The monoisotopic (exact) mass is 384 g/mol. The Morgan fingerprint density at radius 3 is 2.85 bits per heavy atom. The van der Waals surface area contributed by atoms with Gasteiger partial charge in [-0.1, -0.05) is 29.8 Å². The molecule has 1 fully saturated rings. The van der Waals surface area contributed by atoms with Crippen LogP contribution in [0.15, 0.2) is 48.5 Å². The summed E-state index contributed by atoms with van der Waals surface area (Å²) in [6.45, 7) is 3.14. The lowest BCUT2D eigenvalue weighted by atomic mass is 10.2. The summed E-state index contributed by atoms with van der Waals surface area (Å²) in [5.41, 5.74) is 2.03. The van der Waals surface area contributed by atoms with Gasteiger partial charge >= 0.3 is 0 Å². The normalized spacial score (nSPS) is 14.0. The van der Waals surface area contributed by atoms with E-state index in [1.165, 1.54) is 6.08 Å². The van der Waals surface area contributed by atoms with Crippen molar-refractivity contribution in [3.05, 3.63) is 59.1 Å². The topological polar surface area (TPSA) is 58.6 Å². The lowest BCUT2D eigenvalue weighted by molar-refractivity contribution is -0.117. The van der Waals surface area contributed by atoms with Gasteiger partial charge in [0.05, 0.1) is 17.3 Å². The molecule has 3 rings (SSSR count). The van der Waals surface area contributed by atoms with Crippen LogP contribution in [0.4, 0.5) is 11.4 Å². The van der Waals surface area contributed by atoms with E-state index in [4.69, 9.17) is 16.3 Å². The quantitative estimate of drug-likeness (QED) is 0.745. The molecule has 0 radical (unpaired) electrons. The number of anilines is 2. The molecule has 0 atom stereocenters. The van der Waals surface area contributed by atoms with Crippen molar-refractivity contribution in [3.8, 4) is 5.75 Å². The molecule has 2 aromatic rings. The molecule has 27 heavy (non-hydrogen) atoms. The minimum absolute atomic E-state index is 0.0852. The molecule has 1 heterocycles. The first kappa shape index (κ1) is 19.0. The van der Waals surface area contributed by atoms with Gasteiger partial charge in [-0.15, -0.1) is 0 Å². The number of rotatable bonds is 6. The molecule has 0 bridgehead atoms. The maximum Gasteiger partial charge on any atom is 0.248 e. The molecule has 0 aliphatic carbocycles. The van der Waals surface area contributed by atoms with Crippen molar-refractivity contribution in [2.24, 2.45) is 0 Å². The van der Waals surface area contributed by atoms with E-state index in [9.17, 15) is 9.59 Å². The van der Waals surface area contributed by atoms with Gasteiger partial charge in [0, 0.05) is 30.3 Å². The number of benzene rings is 2. The number of para-hydroxylation sites is 1. The number of amides is 2. The first-order valence-corrected chi connectivity index (χ1v) is 9.27. The van der Waals surface area contributed by atoms with Crippen LogP contribution in [0.2, 0.25) is 5.02 Å². The minimum atomic E-state index is -0.312. The second-order valence-corrected chi connectivity index (χ2v) is 6.51. The van der Waals surface area contributed by atoms with E-state index in [-0.39, 0.29) is 11.8 Å². The van der Waals surface area contributed by atoms with Gasteiger partial charge in [-0.25, -0.2) is 0 Å². The Labute approximate surface area is 163 Å². The van der Waals surface area contributed by atoms with Crippen molar-refractivity contribution in [2.75, 3.05) is 23.4 Å². The van der Waals surface area contributed by atoms with Crippen LogP contribution in [-0.2, 0) is 9.59 Å².